The number of carbonyl (C=O) groups excluding carboxylic acids is 1. The second-order valence-corrected chi connectivity index (χ2v) is 5.59. The van der Waals surface area contributed by atoms with Crippen LogP contribution in [-0.4, -0.2) is 20.9 Å². The second kappa shape index (κ2) is 5.38. The molecule has 1 aliphatic carbocycles. The van der Waals surface area contributed by atoms with E-state index in [4.69, 9.17) is 5.21 Å². The van der Waals surface area contributed by atoms with Crippen molar-refractivity contribution in [1.82, 2.24) is 15.3 Å². The Morgan fingerprint density at radius 3 is 2.57 bits per heavy atom. The van der Waals surface area contributed by atoms with E-state index < -0.39 is 35.4 Å². The van der Waals surface area contributed by atoms with Gasteiger partial charge in [0.05, 0.1) is 17.7 Å². The molecule has 1 aliphatic rings. The number of nitrogens with zero attached hydrogens (tertiary/aromatic N) is 2. The first kappa shape index (κ1) is 15.5. The number of halogens is 3. The van der Waals surface area contributed by atoms with Gasteiger partial charge in [0, 0.05) is 25.1 Å². The van der Waals surface area contributed by atoms with Gasteiger partial charge in [0.15, 0.2) is 0 Å². The zero-order chi connectivity index (χ0) is 16.8. The Bertz CT molecular complexity index is 742. The number of amides is 1. The van der Waals surface area contributed by atoms with E-state index in [0.717, 1.165) is 6.07 Å². The Morgan fingerprint density at radius 2 is 2.00 bits per heavy atom. The van der Waals surface area contributed by atoms with Crippen molar-refractivity contribution >= 4 is 5.91 Å². The number of hydroxylamine groups is 1. The molecule has 5 nitrogen and oxygen atoms in total. The molecular formula is C15H14F3N3O2. The fourth-order valence-corrected chi connectivity index (χ4v) is 3.17. The van der Waals surface area contributed by atoms with Crippen LogP contribution in [0, 0.1) is 5.92 Å². The lowest BCUT2D eigenvalue weighted by Gasteiger charge is -2.12. The average molecular weight is 325 g/mol. The molecule has 3 atom stereocenters. The minimum Gasteiger partial charge on any atom is -0.289 e. The molecule has 3 unspecified atom stereocenters. The second-order valence-electron chi connectivity index (χ2n) is 5.59. The van der Waals surface area contributed by atoms with E-state index in [1.807, 2.05) is 0 Å². The monoisotopic (exact) mass is 325 g/mol. The lowest BCUT2D eigenvalue weighted by molar-refractivity contribution is -0.138. The van der Waals surface area contributed by atoms with Gasteiger partial charge < -0.3 is 0 Å². The highest BCUT2D eigenvalue weighted by Crippen LogP contribution is 2.62. The van der Waals surface area contributed by atoms with Gasteiger partial charge in [-0.3, -0.25) is 14.7 Å². The Hall–Kier alpha value is -2.35. The zero-order valence-corrected chi connectivity index (χ0v) is 12.1. The molecule has 1 amide bonds. The van der Waals surface area contributed by atoms with Crippen molar-refractivity contribution in [2.45, 2.75) is 18.0 Å². The predicted octanol–water partition coefficient (Wildman–Crippen LogP) is 2.44. The van der Waals surface area contributed by atoms with Gasteiger partial charge >= 0.3 is 6.18 Å². The van der Waals surface area contributed by atoms with Gasteiger partial charge in [-0.25, -0.2) is 5.48 Å². The topological polar surface area (TPSA) is 67.2 Å². The predicted molar refractivity (Wildman–Crippen MR) is 73.6 cm³/mol. The molecule has 1 aromatic carbocycles. The first-order chi connectivity index (χ1) is 10.8. The Balaban J connectivity index is 2.03. The van der Waals surface area contributed by atoms with Gasteiger partial charge in [0.25, 0.3) is 0 Å². The normalized spacial score (nSPS) is 23.6. The van der Waals surface area contributed by atoms with E-state index >= 15 is 0 Å². The summed E-state index contributed by atoms with van der Waals surface area (Å²) in [4.78, 5) is 11.8. The Kier molecular flexibility index (Phi) is 3.63. The van der Waals surface area contributed by atoms with Crippen LogP contribution in [0.5, 0.6) is 0 Å². The van der Waals surface area contributed by atoms with Crippen LogP contribution in [0.2, 0.25) is 0 Å². The fraction of sp³-hybridized carbons (Fsp3) is 0.333. The molecule has 0 bridgehead atoms. The number of alkyl halides is 3. The van der Waals surface area contributed by atoms with Crippen molar-refractivity contribution in [3.8, 4) is 0 Å². The summed E-state index contributed by atoms with van der Waals surface area (Å²) in [7, 11) is 1.69. The molecule has 2 N–H and O–H groups in total. The molecule has 1 saturated carbocycles. The summed E-state index contributed by atoms with van der Waals surface area (Å²) < 4.78 is 41.2. The van der Waals surface area contributed by atoms with E-state index in [-0.39, 0.29) is 5.56 Å². The first-order valence-corrected chi connectivity index (χ1v) is 6.93. The summed E-state index contributed by atoms with van der Waals surface area (Å²) in [6.45, 7) is 0. The molecule has 23 heavy (non-hydrogen) atoms. The first-order valence-electron chi connectivity index (χ1n) is 6.93. The van der Waals surface area contributed by atoms with Gasteiger partial charge in [0.2, 0.25) is 5.91 Å². The molecule has 1 fully saturated rings. The average Bonchev–Trinajstić information content (AvgIpc) is 3.11. The maximum Gasteiger partial charge on any atom is 0.416 e. The molecule has 0 radical (unpaired) electrons. The Labute approximate surface area is 129 Å². The van der Waals surface area contributed by atoms with Gasteiger partial charge in [-0.1, -0.05) is 18.2 Å². The summed E-state index contributed by atoms with van der Waals surface area (Å²) in [5.74, 6) is -2.54. The van der Waals surface area contributed by atoms with Crippen LogP contribution in [-0.2, 0) is 18.0 Å². The zero-order valence-electron chi connectivity index (χ0n) is 12.1. The summed E-state index contributed by atoms with van der Waals surface area (Å²) in [5, 5.41) is 12.9. The highest BCUT2D eigenvalue weighted by Gasteiger charge is 2.58. The smallest absolute Gasteiger partial charge is 0.289 e. The SMILES string of the molecule is Cn1cc(C2C(C(=O)NO)C2c2ccccc2C(F)(F)F)cn1. The molecule has 0 saturated heterocycles. The standard InChI is InChI=1S/C15H14F3N3O2/c1-21-7-8(6-19-21)11-12(13(11)14(22)20-23)9-4-2-3-5-10(9)15(16,17)18/h2-7,11-13,23H,1H3,(H,20,22). The van der Waals surface area contributed by atoms with Gasteiger partial charge in [-0.05, 0) is 17.2 Å². The van der Waals surface area contributed by atoms with Crippen LogP contribution in [0.25, 0.3) is 0 Å². The summed E-state index contributed by atoms with van der Waals surface area (Å²) in [5.41, 5.74) is 1.51. The maximum atomic E-state index is 13.2. The minimum absolute atomic E-state index is 0.0578. The van der Waals surface area contributed by atoms with Crippen molar-refractivity contribution in [2.24, 2.45) is 13.0 Å². The van der Waals surface area contributed by atoms with Crippen LogP contribution in [0.3, 0.4) is 0 Å². The van der Waals surface area contributed by atoms with Gasteiger partial charge in [0.1, 0.15) is 0 Å². The number of nitrogens with one attached hydrogen (secondary N) is 1. The summed E-state index contributed by atoms with van der Waals surface area (Å²) in [6.07, 6.45) is -1.31. The summed E-state index contributed by atoms with van der Waals surface area (Å²) in [6, 6.07) is 5.20. The Morgan fingerprint density at radius 1 is 1.30 bits per heavy atom. The molecule has 8 heteroatoms. The van der Waals surface area contributed by atoms with E-state index in [9.17, 15) is 18.0 Å². The molecule has 0 spiro atoms. The molecule has 2 aromatic rings. The molecule has 1 aromatic heterocycles. The number of hydrogen-bond acceptors (Lipinski definition) is 3. The van der Waals surface area contributed by atoms with Crippen molar-refractivity contribution in [3.05, 3.63) is 53.3 Å². The highest BCUT2D eigenvalue weighted by atomic mass is 19.4. The van der Waals surface area contributed by atoms with E-state index in [1.165, 1.54) is 29.1 Å². The highest BCUT2D eigenvalue weighted by molar-refractivity contribution is 5.84. The van der Waals surface area contributed by atoms with Crippen molar-refractivity contribution in [1.29, 1.82) is 0 Å². The number of rotatable bonds is 3. The van der Waals surface area contributed by atoms with Crippen molar-refractivity contribution in [2.75, 3.05) is 0 Å². The minimum atomic E-state index is -4.50. The van der Waals surface area contributed by atoms with Crippen LogP contribution >= 0.6 is 0 Å². The van der Waals surface area contributed by atoms with E-state index in [0.29, 0.717) is 5.56 Å². The molecule has 0 aliphatic heterocycles. The van der Waals surface area contributed by atoms with Gasteiger partial charge in [-0.15, -0.1) is 0 Å². The van der Waals surface area contributed by atoms with E-state index in [1.54, 1.807) is 18.7 Å². The molecular weight excluding hydrogens is 311 g/mol. The lowest BCUT2D eigenvalue weighted by atomic mass is 10.00. The third-order valence-corrected chi connectivity index (χ3v) is 4.17. The van der Waals surface area contributed by atoms with Crippen LogP contribution in [0.15, 0.2) is 36.7 Å². The largest absolute Gasteiger partial charge is 0.416 e. The fourth-order valence-electron chi connectivity index (χ4n) is 3.17. The van der Waals surface area contributed by atoms with Crippen molar-refractivity contribution in [3.63, 3.8) is 0 Å². The van der Waals surface area contributed by atoms with Crippen molar-refractivity contribution < 1.29 is 23.2 Å². The van der Waals surface area contributed by atoms with E-state index in [2.05, 4.69) is 5.10 Å². The van der Waals surface area contributed by atoms with Crippen LogP contribution in [0.4, 0.5) is 13.2 Å². The lowest BCUT2D eigenvalue weighted by Crippen LogP contribution is -2.22. The molecule has 1 heterocycles. The van der Waals surface area contributed by atoms with Gasteiger partial charge in [-0.2, -0.15) is 18.3 Å². The van der Waals surface area contributed by atoms with Crippen LogP contribution < -0.4 is 5.48 Å². The number of aromatic nitrogens is 2. The summed E-state index contributed by atoms with van der Waals surface area (Å²) >= 11 is 0. The number of benzene rings is 1. The number of aryl methyl sites for hydroxylation is 1. The van der Waals surface area contributed by atoms with Crippen LogP contribution in [0.1, 0.15) is 28.5 Å². The third kappa shape index (κ3) is 2.70. The quantitative estimate of drug-likeness (QED) is 0.673. The molecule has 122 valence electrons. The third-order valence-electron chi connectivity index (χ3n) is 4.17. The number of hydrogen-bond donors (Lipinski definition) is 2. The maximum absolute atomic E-state index is 13.2. The number of carbonyl (C=O) groups is 1. The molecule has 3 rings (SSSR count).